The van der Waals surface area contributed by atoms with Gasteiger partial charge in [0, 0.05) is 17.6 Å². The number of aliphatic carboxylic acids is 1. The van der Waals surface area contributed by atoms with Crippen molar-refractivity contribution >= 4 is 21.9 Å². The lowest BCUT2D eigenvalue weighted by Gasteiger charge is -2.32. The van der Waals surface area contributed by atoms with Crippen LogP contribution < -0.4 is 0 Å². The fourth-order valence-electron chi connectivity index (χ4n) is 1.88. The van der Waals surface area contributed by atoms with Crippen molar-refractivity contribution in [3.63, 3.8) is 0 Å². The molecule has 2 rings (SSSR count). The third kappa shape index (κ3) is 3.28. The molecule has 0 aromatic heterocycles. The van der Waals surface area contributed by atoms with Gasteiger partial charge in [0.1, 0.15) is 6.04 Å². The van der Waals surface area contributed by atoms with Crippen LogP contribution in [0.1, 0.15) is 5.56 Å². The first-order valence-corrected chi connectivity index (χ1v) is 6.25. The SMILES string of the molecule is O=C(O)C1COCCN1Cc1ccc(Br)cc1. The van der Waals surface area contributed by atoms with E-state index < -0.39 is 12.0 Å². The molecule has 0 radical (unpaired) electrons. The molecule has 0 spiro atoms. The summed E-state index contributed by atoms with van der Waals surface area (Å²) in [4.78, 5) is 13.0. The minimum Gasteiger partial charge on any atom is -0.480 e. The number of carbonyl (C=O) groups is 1. The van der Waals surface area contributed by atoms with Crippen LogP contribution in [-0.4, -0.2) is 41.8 Å². The Balaban J connectivity index is 2.05. The Morgan fingerprint density at radius 2 is 2.18 bits per heavy atom. The molecule has 1 fully saturated rings. The van der Waals surface area contributed by atoms with Gasteiger partial charge in [-0.25, -0.2) is 0 Å². The van der Waals surface area contributed by atoms with Crippen LogP contribution in [0.5, 0.6) is 0 Å². The smallest absolute Gasteiger partial charge is 0.323 e. The summed E-state index contributed by atoms with van der Waals surface area (Å²) in [6, 6.07) is 7.39. The predicted molar refractivity (Wildman–Crippen MR) is 66.8 cm³/mol. The van der Waals surface area contributed by atoms with Gasteiger partial charge < -0.3 is 9.84 Å². The summed E-state index contributed by atoms with van der Waals surface area (Å²) >= 11 is 3.38. The largest absolute Gasteiger partial charge is 0.480 e. The molecule has 17 heavy (non-hydrogen) atoms. The predicted octanol–water partition coefficient (Wildman–Crippen LogP) is 1.73. The zero-order valence-corrected chi connectivity index (χ0v) is 10.9. The molecule has 0 saturated carbocycles. The number of carboxylic acids is 1. The average molecular weight is 300 g/mol. The van der Waals surface area contributed by atoms with E-state index in [1.807, 2.05) is 29.2 Å². The molecule has 1 aromatic carbocycles. The molecule has 0 bridgehead atoms. The van der Waals surface area contributed by atoms with Gasteiger partial charge in [-0.1, -0.05) is 28.1 Å². The maximum Gasteiger partial charge on any atom is 0.323 e. The van der Waals surface area contributed by atoms with Crippen LogP contribution in [0, 0.1) is 0 Å². The average Bonchev–Trinajstić information content (AvgIpc) is 2.32. The summed E-state index contributed by atoms with van der Waals surface area (Å²) < 4.78 is 6.23. The molecule has 1 aliphatic heterocycles. The van der Waals surface area contributed by atoms with Crippen molar-refractivity contribution in [3.05, 3.63) is 34.3 Å². The quantitative estimate of drug-likeness (QED) is 0.923. The van der Waals surface area contributed by atoms with Gasteiger partial charge in [-0.2, -0.15) is 0 Å². The Morgan fingerprint density at radius 1 is 1.47 bits per heavy atom. The minimum absolute atomic E-state index is 0.270. The summed E-state index contributed by atoms with van der Waals surface area (Å²) in [5.74, 6) is -0.818. The fraction of sp³-hybridized carbons (Fsp3) is 0.417. The van der Waals surface area contributed by atoms with Crippen molar-refractivity contribution in [2.75, 3.05) is 19.8 Å². The molecule has 5 heteroatoms. The first-order valence-electron chi connectivity index (χ1n) is 5.46. The number of hydrogen-bond acceptors (Lipinski definition) is 3. The second-order valence-electron chi connectivity index (χ2n) is 4.03. The fourth-order valence-corrected chi connectivity index (χ4v) is 2.14. The second-order valence-corrected chi connectivity index (χ2v) is 4.94. The van der Waals surface area contributed by atoms with Gasteiger partial charge in [-0.05, 0) is 17.7 Å². The normalized spacial score (nSPS) is 21.4. The Hall–Kier alpha value is -0.910. The van der Waals surface area contributed by atoms with E-state index >= 15 is 0 Å². The molecule has 1 heterocycles. The minimum atomic E-state index is -0.818. The number of nitrogens with zero attached hydrogens (tertiary/aromatic N) is 1. The van der Waals surface area contributed by atoms with Gasteiger partial charge in [0.25, 0.3) is 0 Å². The van der Waals surface area contributed by atoms with Crippen LogP contribution >= 0.6 is 15.9 Å². The lowest BCUT2D eigenvalue weighted by molar-refractivity contribution is -0.150. The Morgan fingerprint density at radius 3 is 2.82 bits per heavy atom. The van der Waals surface area contributed by atoms with E-state index in [9.17, 15) is 4.79 Å². The molecule has 0 amide bonds. The highest BCUT2D eigenvalue weighted by molar-refractivity contribution is 9.10. The monoisotopic (exact) mass is 299 g/mol. The van der Waals surface area contributed by atoms with Crippen LogP contribution in [-0.2, 0) is 16.1 Å². The van der Waals surface area contributed by atoms with E-state index in [0.717, 1.165) is 10.0 Å². The topological polar surface area (TPSA) is 49.8 Å². The highest BCUT2D eigenvalue weighted by Gasteiger charge is 2.28. The molecule has 0 aliphatic carbocycles. The number of morpholine rings is 1. The van der Waals surface area contributed by atoms with Crippen molar-refractivity contribution in [1.29, 1.82) is 0 Å². The van der Waals surface area contributed by atoms with Gasteiger partial charge in [0.15, 0.2) is 0 Å². The number of rotatable bonds is 3. The van der Waals surface area contributed by atoms with Gasteiger partial charge in [0.05, 0.1) is 13.2 Å². The van der Waals surface area contributed by atoms with Crippen LogP contribution in [0.4, 0.5) is 0 Å². The number of ether oxygens (including phenoxy) is 1. The summed E-state index contributed by atoms with van der Waals surface area (Å²) in [5.41, 5.74) is 1.11. The van der Waals surface area contributed by atoms with Crippen LogP contribution in [0.15, 0.2) is 28.7 Å². The van der Waals surface area contributed by atoms with E-state index in [1.54, 1.807) is 0 Å². The second kappa shape index (κ2) is 5.62. The van der Waals surface area contributed by atoms with Crippen LogP contribution in [0.25, 0.3) is 0 Å². The van der Waals surface area contributed by atoms with E-state index in [2.05, 4.69) is 15.9 Å². The molecule has 1 aromatic rings. The number of benzene rings is 1. The third-order valence-corrected chi connectivity index (χ3v) is 3.35. The van der Waals surface area contributed by atoms with E-state index in [1.165, 1.54) is 0 Å². The highest BCUT2D eigenvalue weighted by atomic mass is 79.9. The van der Waals surface area contributed by atoms with E-state index in [-0.39, 0.29) is 6.61 Å². The maximum atomic E-state index is 11.1. The van der Waals surface area contributed by atoms with E-state index in [4.69, 9.17) is 9.84 Å². The van der Waals surface area contributed by atoms with Gasteiger partial charge in [0.2, 0.25) is 0 Å². The number of hydrogen-bond donors (Lipinski definition) is 1. The first kappa shape index (κ1) is 12.5. The molecule has 92 valence electrons. The summed E-state index contributed by atoms with van der Waals surface area (Å²) in [5, 5.41) is 9.10. The van der Waals surface area contributed by atoms with Crippen molar-refractivity contribution < 1.29 is 14.6 Å². The molecular formula is C12H14BrNO3. The number of halogens is 1. The standard InChI is InChI=1S/C12H14BrNO3/c13-10-3-1-9(2-4-10)7-14-5-6-17-8-11(14)12(15)16/h1-4,11H,5-8H2,(H,15,16). The Labute approximate surface area is 108 Å². The Kier molecular flexibility index (Phi) is 4.15. The van der Waals surface area contributed by atoms with Gasteiger partial charge in [-0.3, -0.25) is 9.69 Å². The molecule has 4 nitrogen and oxygen atoms in total. The van der Waals surface area contributed by atoms with Crippen molar-refractivity contribution in [3.8, 4) is 0 Å². The summed E-state index contributed by atoms with van der Waals surface area (Å²) in [6.45, 7) is 2.17. The molecule has 1 atom stereocenters. The van der Waals surface area contributed by atoms with Gasteiger partial charge in [-0.15, -0.1) is 0 Å². The van der Waals surface area contributed by atoms with Gasteiger partial charge >= 0.3 is 5.97 Å². The maximum absolute atomic E-state index is 11.1. The number of carboxylic acid groups (broad SMARTS) is 1. The first-order chi connectivity index (χ1) is 8.16. The molecule has 1 aliphatic rings. The zero-order valence-electron chi connectivity index (χ0n) is 9.30. The molecular weight excluding hydrogens is 286 g/mol. The molecule has 1 saturated heterocycles. The lowest BCUT2D eigenvalue weighted by atomic mass is 10.1. The highest BCUT2D eigenvalue weighted by Crippen LogP contribution is 2.15. The van der Waals surface area contributed by atoms with Crippen LogP contribution in [0.3, 0.4) is 0 Å². The van der Waals surface area contributed by atoms with Crippen LogP contribution in [0.2, 0.25) is 0 Å². The molecule has 1 unspecified atom stereocenters. The summed E-state index contributed by atoms with van der Waals surface area (Å²) in [7, 11) is 0. The van der Waals surface area contributed by atoms with Crippen molar-refractivity contribution in [2.45, 2.75) is 12.6 Å². The summed E-state index contributed by atoms with van der Waals surface area (Å²) in [6.07, 6.45) is 0. The Bertz CT molecular complexity index is 393. The van der Waals surface area contributed by atoms with Crippen molar-refractivity contribution in [2.24, 2.45) is 0 Å². The zero-order chi connectivity index (χ0) is 12.3. The molecule has 1 N–H and O–H groups in total. The van der Waals surface area contributed by atoms with Crippen molar-refractivity contribution in [1.82, 2.24) is 4.90 Å². The van der Waals surface area contributed by atoms with E-state index in [0.29, 0.717) is 19.7 Å². The lowest BCUT2D eigenvalue weighted by Crippen LogP contribution is -2.49. The third-order valence-electron chi connectivity index (χ3n) is 2.82.